The van der Waals surface area contributed by atoms with Gasteiger partial charge in [-0.15, -0.1) is 0 Å². The van der Waals surface area contributed by atoms with Crippen molar-refractivity contribution < 1.29 is 29.3 Å². The van der Waals surface area contributed by atoms with Gasteiger partial charge in [-0.1, -0.05) is 54.4 Å². The van der Waals surface area contributed by atoms with Crippen LogP contribution in [0.5, 0.6) is 0 Å². The van der Waals surface area contributed by atoms with Crippen LogP contribution in [-0.4, -0.2) is 46.6 Å². The molecule has 6 nitrogen and oxygen atoms in total. The van der Waals surface area contributed by atoms with E-state index in [4.69, 9.17) is 9.47 Å². The molecule has 8 atom stereocenters. The first-order valence-corrected chi connectivity index (χ1v) is 11.8. The molecule has 0 aliphatic heterocycles. The van der Waals surface area contributed by atoms with Gasteiger partial charge in [-0.05, 0) is 61.2 Å². The van der Waals surface area contributed by atoms with Gasteiger partial charge in [0.1, 0.15) is 12.2 Å². The molecule has 2 fully saturated rings. The molecule has 30 heavy (non-hydrogen) atoms. The molecule has 0 amide bonds. The van der Waals surface area contributed by atoms with E-state index in [1.165, 1.54) is 0 Å². The van der Waals surface area contributed by atoms with Crippen molar-refractivity contribution in [3.8, 4) is 0 Å². The Morgan fingerprint density at radius 2 is 1.03 bits per heavy atom. The summed E-state index contributed by atoms with van der Waals surface area (Å²) < 4.78 is 11.2. The molecule has 6 heteroatoms. The van der Waals surface area contributed by atoms with Crippen LogP contribution in [0.25, 0.3) is 0 Å². The van der Waals surface area contributed by atoms with Gasteiger partial charge < -0.3 is 19.7 Å². The van der Waals surface area contributed by atoms with Gasteiger partial charge in [0.25, 0.3) is 0 Å². The number of rotatable bonds is 7. The Bertz CT molecular complexity index is 524. The summed E-state index contributed by atoms with van der Waals surface area (Å²) >= 11 is 0. The summed E-state index contributed by atoms with van der Waals surface area (Å²) in [5.74, 6) is 0.126. The van der Waals surface area contributed by atoms with Gasteiger partial charge in [0.15, 0.2) is 12.2 Å². The molecule has 2 aliphatic rings. The molecule has 2 aliphatic carbocycles. The van der Waals surface area contributed by atoms with E-state index in [0.29, 0.717) is 23.7 Å². The van der Waals surface area contributed by atoms with Gasteiger partial charge in [0.05, 0.1) is 0 Å². The van der Waals surface area contributed by atoms with Crippen LogP contribution in [0.1, 0.15) is 80.1 Å². The molecule has 0 heterocycles. The first kappa shape index (κ1) is 25.1. The van der Waals surface area contributed by atoms with Gasteiger partial charge in [0, 0.05) is 0 Å². The minimum absolute atomic E-state index is 0.219. The van der Waals surface area contributed by atoms with Crippen LogP contribution < -0.4 is 0 Å². The Morgan fingerprint density at radius 3 is 1.33 bits per heavy atom. The van der Waals surface area contributed by atoms with Crippen molar-refractivity contribution >= 4 is 11.9 Å². The number of carbonyl (C=O) groups is 2. The average Bonchev–Trinajstić information content (AvgIpc) is 2.66. The maximum atomic E-state index is 12.5. The largest absolute Gasteiger partial charge is 0.460 e. The molecule has 2 rings (SSSR count). The van der Waals surface area contributed by atoms with E-state index in [2.05, 4.69) is 41.5 Å². The van der Waals surface area contributed by atoms with Gasteiger partial charge in [-0.3, -0.25) is 0 Å². The lowest BCUT2D eigenvalue weighted by Gasteiger charge is -2.38. The molecular formula is C24H42O6. The number of aliphatic hydroxyl groups excluding tert-OH is 2. The molecule has 0 aromatic heterocycles. The van der Waals surface area contributed by atoms with Crippen LogP contribution in [0.3, 0.4) is 0 Å². The molecule has 174 valence electrons. The molecule has 2 N–H and O–H groups in total. The highest BCUT2D eigenvalue weighted by molar-refractivity contribution is 5.85. The average molecular weight is 427 g/mol. The van der Waals surface area contributed by atoms with Gasteiger partial charge in [0.2, 0.25) is 0 Å². The summed E-state index contributed by atoms with van der Waals surface area (Å²) in [6.45, 7) is 12.6. The fourth-order valence-electron chi connectivity index (χ4n) is 5.20. The van der Waals surface area contributed by atoms with Gasteiger partial charge in [-0.25, -0.2) is 9.59 Å². The highest BCUT2D eigenvalue weighted by Gasteiger charge is 2.40. The summed E-state index contributed by atoms with van der Waals surface area (Å²) in [5.41, 5.74) is 0. The second kappa shape index (κ2) is 10.9. The predicted molar refractivity (Wildman–Crippen MR) is 114 cm³/mol. The molecule has 2 saturated carbocycles. The fourth-order valence-corrected chi connectivity index (χ4v) is 5.20. The van der Waals surface area contributed by atoms with Crippen LogP contribution in [0.2, 0.25) is 0 Å². The molecule has 0 bridgehead atoms. The number of ether oxygens (including phenoxy) is 2. The predicted octanol–water partition coefficient (Wildman–Crippen LogP) is 3.72. The Kier molecular flexibility index (Phi) is 9.16. The third-order valence-electron chi connectivity index (χ3n) is 7.24. The van der Waals surface area contributed by atoms with Crippen LogP contribution in [0.4, 0.5) is 0 Å². The lowest BCUT2D eigenvalue weighted by Crippen LogP contribution is -2.47. The van der Waals surface area contributed by atoms with Crippen LogP contribution >= 0.6 is 0 Å². The molecular weight excluding hydrogens is 384 g/mol. The van der Waals surface area contributed by atoms with E-state index < -0.39 is 24.1 Å². The highest BCUT2D eigenvalue weighted by Crippen LogP contribution is 2.37. The summed E-state index contributed by atoms with van der Waals surface area (Å²) in [6, 6.07) is 0. The normalized spacial score (nSPS) is 34.5. The summed E-state index contributed by atoms with van der Waals surface area (Å²) in [5, 5.41) is 20.6. The zero-order chi connectivity index (χ0) is 22.6. The summed E-state index contributed by atoms with van der Waals surface area (Å²) in [6.07, 6.45) is 1.11. The van der Waals surface area contributed by atoms with Crippen molar-refractivity contribution in [3.05, 3.63) is 0 Å². The van der Waals surface area contributed by atoms with E-state index in [1.54, 1.807) is 0 Å². The Balaban J connectivity index is 1.96. The van der Waals surface area contributed by atoms with Gasteiger partial charge in [-0.2, -0.15) is 0 Å². The molecule has 0 aromatic carbocycles. The van der Waals surface area contributed by atoms with Gasteiger partial charge >= 0.3 is 11.9 Å². The molecule has 0 unspecified atom stereocenters. The third kappa shape index (κ3) is 6.43. The Hall–Kier alpha value is -1.14. The van der Waals surface area contributed by atoms with Crippen molar-refractivity contribution in [1.29, 1.82) is 0 Å². The zero-order valence-electron chi connectivity index (χ0n) is 19.5. The monoisotopic (exact) mass is 426 g/mol. The smallest absolute Gasteiger partial charge is 0.338 e. The quantitative estimate of drug-likeness (QED) is 0.603. The molecule has 0 saturated heterocycles. The molecule has 0 spiro atoms. The van der Waals surface area contributed by atoms with Crippen LogP contribution in [0.15, 0.2) is 0 Å². The number of esters is 2. The second-order valence-corrected chi connectivity index (χ2v) is 10.5. The van der Waals surface area contributed by atoms with E-state index in [9.17, 15) is 19.8 Å². The van der Waals surface area contributed by atoms with Crippen LogP contribution in [-0.2, 0) is 19.1 Å². The van der Waals surface area contributed by atoms with E-state index in [0.717, 1.165) is 38.5 Å². The SMILES string of the molecule is CC(C)[C@H]1CC[C@@H](C)C[C@H]1OC(=O)[C@@H](O)[C@@H](O)C(=O)O[C@@H]1C[C@H](C)CC[C@@H]1C(C)C. The Morgan fingerprint density at radius 1 is 0.700 bits per heavy atom. The van der Waals surface area contributed by atoms with Crippen molar-refractivity contribution in [1.82, 2.24) is 0 Å². The fraction of sp³-hybridized carbons (Fsp3) is 0.917. The lowest BCUT2D eigenvalue weighted by molar-refractivity contribution is -0.185. The lowest BCUT2D eigenvalue weighted by atomic mass is 9.75. The zero-order valence-corrected chi connectivity index (χ0v) is 19.5. The number of hydrogen-bond acceptors (Lipinski definition) is 6. The van der Waals surface area contributed by atoms with Crippen molar-refractivity contribution in [3.63, 3.8) is 0 Å². The van der Waals surface area contributed by atoms with Crippen molar-refractivity contribution in [2.24, 2.45) is 35.5 Å². The molecule has 0 aromatic rings. The number of aliphatic hydroxyl groups is 2. The Labute approximate surface area is 181 Å². The van der Waals surface area contributed by atoms with Crippen molar-refractivity contribution in [2.45, 2.75) is 104 Å². The minimum Gasteiger partial charge on any atom is -0.460 e. The van der Waals surface area contributed by atoms with E-state index in [1.807, 2.05) is 0 Å². The standard InChI is InChI=1S/C24H42O6/c1-13(2)17-9-7-15(5)11-19(17)29-23(27)21(25)22(26)24(28)30-20-12-16(6)8-10-18(20)14(3)4/h13-22,25-26H,7-12H2,1-6H3/t15-,16-,17-,18-,19-,20-,21-,22+/m1/s1. The van der Waals surface area contributed by atoms with E-state index >= 15 is 0 Å². The summed E-state index contributed by atoms with van der Waals surface area (Å²) in [7, 11) is 0. The van der Waals surface area contributed by atoms with Crippen LogP contribution in [0, 0.1) is 35.5 Å². The van der Waals surface area contributed by atoms with E-state index in [-0.39, 0.29) is 24.0 Å². The third-order valence-corrected chi connectivity index (χ3v) is 7.24. The summed E-state index contributed by atoms with van der Waals surface area (Å²) in [4.78, 5) is 25.0. The molecule has 0 radical (unpaired) electrons. The highest BCUT2D eigenvalue weighted by atomic mass is 16.6. The minimum atomic E-state index is -1.93. The van der Waals surface area contributed by atoms with Crippen molar-refractivity contribution in [2.75, 3.05) is 0 Å². The first-order valence-electron chi connectivity index (χ1n) is 11.8. The first-order chi connectivity index (χ1) is 14.0. The maximum Gasteiger partial charge on any atom is 0.338 e. The number of carbonyl (C=O) groups excluding carboxylic acids is 2. The number of hydrogen-bond donors (Lipinski definition) is 2. The topological polar surface area (TPSA) is 93.1 Å². The second-order valence-electron chi connectivity index (χ2n) is 10.5. The maximum absolute atomic E-state index is 12.5.